The van der Waals surface area contributed by atoms with Gasteiger partial charge >= 0.3 is 0 Å². The Morgan fingerprint density at radius 1 is 1.23 bits per heavy atom. The number of rotatable bonds is 5. The average Bonchev–Trinajstić information content (AvgIpc) is 2.20. The van der Waals surface area contributed by atoms with Gasteiger partial charge < -0.3 is 0 Å². The molecule has 0 aliphatic heterocycles. The van der Waals surface area contributed by atoms with E-state index in [0.29, 0.717) is 12.0 Å². The van der Waals surface area contributed by atoms with Gasteiger partial charge in [-0.25, -0.2) is 4.89 Å². The van der Waals surface area contributed by atoms with Gasteiger partial charge in [-0.1, -0.05) is 32.6 Å². The lowest BCUT2D eigenvalue weighted by Crippen LogP contribution is -2.23. The molecule has 0 atom stereocenters. The van der Waals surface area contributed by atoms with Crippen molar-refractivity contribution in [2.45, 2.75) is 58.3 Å². The van der Waals surface area contributed by atoms with E-state index in [1.54, 1.807) is 0 Å². The second-order valence-electron chi connectivity index (χ2n) is 4.35. The summed E-state index contributed by atoms with van der Waals surface area (Å²) < 4.78 is 0. The van der Waals surface area contributed by atoms with Crippen molar-refractivity contribution in [2.75, 3.05) is 6.61 Å². The highest BCUT2D eigenvalue weighted by Gasteiger charge is 2.29. The quantitative estimate of drug-likeness (QED) is 0.403. The third-order valence-electron chi connectivity index (χ3n) is 3.61. The maximum Gasteiger partial charge on any atom is 0.0820 e. The second-order valence-corrected chi connectivity index (χ2v) is 4.35. The van der Waals surface area contributed by atoms with E-state index in [1.165, 1.54) is 44.9 Å². The SMILES string of the molecule is CCC1(CCCOO)CCCCC1. The molecule has 0 radical (unpaired) electrons. The lowest BCUT2D eigenvalue weighted by molar-refractivity contribution is -0.243. The standard InChI is InChI=1S/C11H22O2/c1-2-11(9-6-10-13-12)7-4-3-5-8-11/h12H,2-10H2,1H3. The van der Waals surface area contributed by atoms with Crippen molar-refractivity contribution < 1.29 is 10.1 Å². The third-order valence-corrected chi connectivity index (χ3v) is 3.61. The van der Waals surface area contributed by atoms with Crippen LogP contribution in [0.5, 0.6) is 0 Å². The van der Waals surface area contributed by atoms with Crippen LogP contribution in [0.4, 0.5) is 0 Å². The molecule has 0 aromatic heterocycles. The topological polar surface area (TPSA) is 29.5 Å². The molecule has 0 unspecified atom stereocenters. The maximum absolute atomic E-state index is 8.25. The minimum absolute atomic E-state index is 0.502. The van der Waals surface area contributed by atoms with Crippen LogP contribution in [0, 0.1) is 5.41 Å². The van der Waals surface area contributed by atoms with Crippen LogP contribution < -0.4 is 0 Å². The second kappa shape index (κ2) is 5.61. The minimum atomic E-state index is 0.502. The molecular formula is C11H22O2. The fraction of sp³-hybridized carbons (Fsp3) is 1.00. The predicted octanol–water partition coefficient (Wildman–Crippen LogP) is 3.62. The van der Waals surface area contributed by atoms with Gasteiger partial charge in [-0.05, 0) is 31.1 Å². The van der Waals surface area contributed by atoms with E-state index in [2.05, 4.69) is 11.8 Å². The molecule has 1 fully saturated rings. The summed E-state index contributed by atoms with van der Waals surface area (Å²) in [7, 11) is 0. The van der Waals surface area contributed by atoms with Crippen molar-refractivity contribution in [3.05, 3.63) is 0 Å². The van der Waals surface area contributed by atoms with Crippen molar-refractivity contribution in [3.63, 3.8) is 0 Å². The van der Waals surface area contributed by atoms with E-state index in [-0.39, 0.29) is 0 Å². The highest BCUT2D eigenvalue weighted by Crippen LogP contribution is 2.42. The van der Waals surface area contributed by atoms with Crippen LogP contribution in [0.2, 0.25) is 0 Å². The third kappa shape index (κ3) is 3.28. The van der Waals surface area contributed by atoms with Gasteiger partial charge in [-0.3, -0.25) is 5.26 Å². The lowest BCUT2D eigenvalue weighted by atomic mass is 9.69. The molecule has 0 saturated heterocycles. The Balaban J connectivity index is 2.29. The first-order valence-corrected chi connectivity index (χ1v) is 5.59. The Bertz CT molecular complexity index is 128. The normalized spacial score (nSPS) is 21.7. The number of hydrogen-bond donors (Lipinski definition) is 1. The fourth-order valence-corrected chi connectivity index (χ4v) is 2.59. The van der Waals surface area contributed by atoms with Gasteiger partial charge in [0.1, 0.15) is 0 Å². The van der Waals surface area contributed by atoms with Crippen LogP contribution in [-0.4, -0.2) is 11.9 Å². The molecule has 0 heterocycles. The fourth-order valence-electron chi connectivity index (χ4n) is 2.59. The zero-order chi connectivity index (χ0) is 9.57. The Labute approximate surface area is 81.2 Å². The maximum atomic E-state index is 8.25. The molecule has 0 aromatic rings. The molecule has 1 rings (SSSR count). The molecule has 0 bridgehead atoms. The van der Waals surface area contributed by atoms with Crippen LogP contribution in [-0.2, 0) is 4.89 Å². The molecular weight excluding hydrogens is 164 g/mol. The average molecular weight is 186 g/mol. The summed E-state index contributed by atoms with van der Waals surface area (Å²) in [6, 6.07) is 0. The van der Waals surface area contributed by atoms with Gasteiger partial charge in [-0.2, -0.15) is 0 Å². The van der Waals surface area contributed by atoms with Crippen LogP contribution in [0.1, 0.15) is 58.3 Å². The summed E-state index contributed by atoms with van der Waals surface area (Å²) in [6.45, 7) is 2.80. The van der Waals surface area contributed by atoms with Gasteiger partial charge in [0.2, 0.25) is 0 Å². The Kier molecular flexibility index (Phi) is 4.74. The molecule has 78 valence electrons. The molecule has 0 spiro atoms. The van der Waals surface area contributed by atoms with Crippen LogP contribution in [0.25, 0.3) is 0 Å². The van der Waals surface area contributed by atoms with Crippen LogP contribution >= 0.6 is 0 Å². The molecule has 2 nitrogen and oxygen atoms in total. The van der Waals surface area contributed by atoms with E-state index >= 15 is 0 Å². The van der Waals surface area contributed by atoms with E-state index < -0.39 is 0 Å². The number of hydrogen-bond acceptors (Lipinski definition) is 2. The molecule has 1 N–H and O–H groups in total. The first-order chi connectivity index (χ1) is 6.33. The lowest BCUT2D eigenvalue weighted by Gasteiger charge is -2.36. The summed E-state index contributed by atoms with van der Waals surface area (Å²) in [5, 5.41) is 8.25. The van der Waals surface area contributed by atoms with Crippen molar-refractivity contribution in [1.82, 2.24) is 0 Å². The Morgan fingerprint density at radius 3 is 2.46 bits per heavy atom. The zero-order valence-corrected chi connectivity index (χ0v) is 8.72. The smallest absolute Gasteiger partial charge is 0.0820 e. The zero-order valence-electron chi connectivity index (χ0n) is 8.72. The molecule has 1 aliphatic rings. The van der Waals surface area contributed by atoms with E-state index in [4.69, 9.17) is 5.26 Å². The summed E-state index contributed by atoms with van der Waals surface area (Å²) in [4.78, 5) is 4.12. The molecule has 1 aliphatic carbocycles. The molecule has 2 heteroatoms. The van der Waals surface area contributed by atoms with Gasteiger partial charge in [0, 0.05) is 0 Å². The summed E-state index contributed by atoms with van der Waals surface area (Å²) >= 11 is 0. The first kappa shape index (κ1) is 11.0. The molecule has 13 heavy (non-hydrogen) atoms. The van der Waals surface area contributed by atoms with E-state index in [1.807, 2.05) is 0 Å². The summed E-state index contributed by atoms with van der Waals surface area (Å²) in [5.74, 6) is 0. The molecule has 0 aromatic carbocycles. The van der Waals surface area contributed by atoms with Crippen LogP contribution in [0.15, 0.2) is 0 Å². The molecule has 1 saturated carbocycles. The largest absolute Gasteiger partial charge is 0.252 e. The highest BCUT2D eigenvalue weighted by atomic mass is 17.1. The van der Waals surface area contributed by atoms with Crippen molar-refractivity contribution in [1.29, 1.82) is 0 Å². The molecule has 0 amide bonds. The minimum Gasteiger partial charge on any atom is -0.252 e. The van der Waals surface area contributed by atoms with Gasteiger partial charge in [0.15, 0.2) is 0 Å². The van der Waals surface area contributed by atoms with Gasteiger partial charge in [0.25, 0.3) is 0 Å². The van der Waals surface area contributed by atoms with E-state index in [0.717, 1.165) is 6.42 Å². The predicted molar refractivity (Wildman–Crippen MR) is 53.6 cm³/mol. The van der Waals surface area contributed by atoms with Gasteiger partial charge in [0.05, 0.1) is 6.61 Å². The first-order valence-electron chi connectivity index (χ1n) is 5.59. The summed E-state index contributed by atoms with van der Waals surface area (Å²) in [6.07, 6.45) is 10.5. The van der Waals surface area contributed by atoms with Crippen LogP contribution in [0.3, 0.4) is 0 Å². The van der Waals surface area contributed by atoms with Gasteiger partial charge in [-0.15, -0.1) is 0 Å². The van der Waals surface area contributed by atoms with Crippen molar-refractivity contribution >= 4 is 0 Å². The summed E-state index contributed by atoms with van der Waals surface area (Å²) in [5.41, 5.74) is 0.580. The Hall–Kier alpha value is -0.0800. The van der Waals surface area contributed by atoms with E-state index in [9.17, 15) is 0 Å². The monoisotopic (exact) mass is 186 g/mol. The van der Waals surface area contributed by atoms with Crippen molar-refractivity contribution in [2.24, 2.45) is 5.41 Å². The highest BCUT2D eigenvalue weighted by molar-refractivity contribution is 4.81. The Morgan fingerprint density at radius 2 is 1.92 bits per heavy atom. The van der Waals surface area contributed by atoms with Crippen molar-refractivity contribution in [3.8, 4) is 0 Å².